The lowest BCUT2D eigenvalue weighted by Gasteiger charge is -2.27. The topological polar surface area (TPSA) is 132 Å². The average molecular weight is 481 g/mol. The summed E-state index contributed by atoms with van der Waals surface area (Å²) >= 11 is 0. The molecular weight excluding hydrogens is 457 g/mol. The Morgan fingerprint density at radius 2 is 2.09 bits per heavy atom. The number of hydrogen-bond acceptors (Lipinski definition) is 8. The molecule has 4 N–H and O–H groups in total. The molecule has 2 fully saturated rings. The Hall–Kier alpha value is -3.70. The Bertz CT molecular complexity index is 1350. The first-order valence-corrected chi connectivity index (χ1v) is 11.4. The number of halogens is 1. The minimum Gasteiger partial charge on any atom is -0.474 e. The van der Waals surface area contributed by atoms with Gasteiger partial charge in [0.25, 0.3) is 0 Å². The number of nitrogens with one attached hydrogen (secondary N) is 1. The van der Waals surface area contributed by atoms with Crippen LogP contribution in [0.1, 0.15) is 12.0 Å². The first-order valence-electron chi connectivity index (χ1n) is 11.4. The van der Waals surface area contributed by atoms with Crippen LogP contribution in [0.5, 0.6) is 5.88 Å². The molecule has 0 bridgehead atoms. The van der Waals surface area contributed by atoms with Gasteiger partial charge in [-0.15, -0.1) is 0 Å². The number of carbonyl (C=O) groups is 1. The lowest BCUT2D eigenvalue weighted by atomic mass is 9.96. The molecule has 2 saturated heterocycles. The third-order valence-corrected chi connectivity index (χ3v) is 7.01. The molecule has 1 aromatic carbocycles. The predicted octanol–water partition coefficient (Wildman–Crippen LogP) is 3.38. The number of fused-ring (bicyclic) bond motifs is 3. The van der Waals surface area contributed by atoms with Gasteiger partial charge in [0.15, 0.2) is 12.1 Å². The number of anilines is 3. The normalized spacial score (nSPS) is 22.9. The molecule has 0 radical (unpaired) electrons. The van der Waals surface area contributed by atoms with Gasteiger partial charge in [-0.1, -0.05) is 0 Å². The standard InChI is InChI=1S/C24H24FN5O5/c1-11-15(8-29-22-21(11)27-3-5-33-22)14-6-12-7-18(28-9-16(12)20(26)19(14)25)30(24(31)32)17-10-35-23-13(17)2-4-34-23/h6-9,13,17,23,27H,2-5,10,26H2,1H3,(H,31,32)/t13-,17-,23+/m0/s1. The smallest absolute Gasteiger partial charge is 0.413 e. The van der Waals surface area contributed by atoms with Crippen molar-refractivity contribution in [2.75, 3.05) is 42.3 Å². The van der Waals surface area contributed by atoms with Crippen LogP contribution in [0.2, 0.25) is 0 Å². The summed E-state index contributed by atoms with van der Waals surface area (Å²) in [4.78, 5) is 22.2. The highest BCUT2D eigenvalue weighted by Gasteiger charge is 2.46. The van der Waals surface area contributed by atoms with E-state index in [-0.39, 0.29) is 29.6 Å². The Labute approximate surface area is 199 Å². The van der Waals surface area contributed by atoms with Gasteiger partial charge in [-0.25, -0.2) is 19.2 Å². The van der Waals surface area contributed by atoms with Crippen LogP contribution < -0.4 is 20.7 Å². The molecule has 182 valence electrons. The predicted molar refractivity (Wildman–Crippen MR) is 126 cm³/mol. The van der Waals surface area contributed by atoms with Crippen molar-refractivity contribution >= 4 is 34.1 Å². The van der Waals surface area contributed by atoms with E-state index in [4.69, 9.17) is 19.9 Å². The number of rotatable bonds is 3. The van der Waals surface area contributed by atoms with Crippen molar-refractivity contribution in [1.29, 1.82) is 0 Å². The van der Waals surface area contributed by atoms with E-state index in [1.807, 2.05) is 6.92 Å². The van der Waals surface area contributed by atoms with Crippen molar-refractivity contribution in [3.63, 3.8) is 0 Å². The number of benzene rings is 1. The summed E-state index contributed by atoms with van der Waals surface area (Å²) in [5.74, 6) is 0.0388. The maximum atomic E-state index is 15.4. The first kappa shape index (κ1) is 21.8. The zero-order chi connectivity index (χ0) is 24.3. The van der Waals surface area contributed by atoms with Crippen LogP contribution in [0.25, 0.3) is 21.9 Å². The molecule has 2 aromatic heterocycles. The molecule has 10 nitrogen and oxygen atoms in total. The Morgan fingerprint density at radius 1 is 1.23 bits per heavy atom. The Morgan fingerprint density at radius 3 is 2.91 bits per heavy atom. The molecule has 0 saturated carbocycles. The second kappa shape index (κ2) is 8.21. The quantitative estimate of drug-likeness (QED) is 0.482. The van der Waals surface area contributed by atoms with Crippen LogP contribution in [0.3, 0.4) is 0 Å². The van der Waals surface area contributed by atoms with Crippen LogP contribution in [0, 0.1) is 18.7 Å². The third kappa shape index (κ3) is 3.41. The minimum absolute atomic E-state index is 0.0618. The Kier molecular flexibility index (Phi) is 5.11. The third-order valence-electron chi connectivity index (χ3n) is 7.01. The lowest BCUT2D eigenvalue weighted by molar-refractivity contribution is -0.0905. The Balaban J connectivity index is 1.46. The summed E-state index contributed by atoms with van der Waals surface area (Å²) in [6.45, 7) is 3.73. The largest absolute Gasteiger partial charge is 0.474 e. The van der Waals surface area contributed by atoms with E-state index >= 15 is 4.39 Å². The second-order valence-electron chi connectivity index (χ2n) is 8.91. The molecule has 1 amide bonds. The summed E-state index contributed by atoms with van der Waals surface area (Å²) in [7, 11) is 0. The van der Waals surface area contributed by atoms with Crippen molar-refractivity contribution < 1.29 is 28.5 Å². The first-order chi connectivity index (χ1) is 16.9. The maximum absolute atomic E-state index is 15.4. The van der Waals surface area contributed by atoms with Crippen LogP contribution in [0.4, 0.5) is 26.4 Å². The van der Waals surface area contributed by atoms with E-state index in [2.05, 4.69) is 15.3 Å². The fourth-order valence-corrected chi connectivity index (χ4v) is 5.22. The molecule has 0 aliphatic carbocycles. The molecular formula is C24H24FN5O5. The number of ether oxygens (including phenoxy) is 3. The summed E-state index contributed by atoms with van der Waals surface area (Å²) in [5, 5.41) is 14.3. The molecule has 0 unspecified atom stereocenters. The van der Waals surface area contributed by atoms with Crippen molar-refractivity contribution in [2.24, 2.45) is 5.92 Å². The molecule has 5 heterocycles. The highest BCUT2D eigenvalue weighted by atomic mass is 19.1. The summed E-state index contributed by atoms with van der Waals surface area (Å²) in [6.07, 6.45) is 2.13. The number of carboxylic acid groups (broad SMARTS) is 1. The van der Waals surface area contributed by atoms with Crippen molar-refractivity contribution in [3.05, 3.63) is 35.9 Å². The van der Waals surface area contributed by atoms with Gasteiger partial charge in [0.1, 0.15) is 18.1 Å². The van der Waals surface area contributed by atoms with E-state index < -0.39 is 24.2 Å². The number of nitrogens with two attached hydrogens (primary N) is 1. The number of nitrogens with zero attached hydrogens (tertiary/aromatic N) is 3. The van der Waals surface area contributed by atoms with Gasteiger partial charge < -0.3 is 30.4 Å². The molecule has 11 heteroatoms. The van der Waals surface area contributed by atoms with Gasteiger partial charge in [-0.05, 0) is 36.4 Å². The molecule has 3 aliphatic heterocycles. The second-order valence-corrected chi connectivity index (χ2v) is 8.91. The zero-order valence-electron chi connectivity index (χ0n) is 19.0. The lowest BCUT2D eigenvalue weighted by Crippen LogP contribution is -2.44. The maximum Gasteiger partial charge on any atom is 0.413 e. The number of pyridine rings is 2. The van der Waals surface area contributed by atoms with Crippen LogP contribution >= 0.6 is 0 Å². The molecule has 0 spiro atoms. The van der Waals surface area contributed by atoms with Crippen molar-refractivity contribution in [2.45, 2.75) is 25.7 Å². The average Bonchev–Trinajstić information content (AvgIpc) is 3.47. The van der Waals surface area contributed by atoms with E-state index in [9.17, 15) is 9.90 Å². The van der Waals surface area contributed by atoms with Crippen LogP contribution in [0.15, 0.2) is 24.5 Å². The zero-order valence-corrected chi connectivity index (χ0v) is 19.0. The number of aromatic nitrogens is 2. The number of hydrogen-bond donors (Lipinski definition) is 3. The van der Waals surface area contributed by atoms with Gasteiger partial charge in [-0.2, -0.15) is 0 Å². The van der Waals surface area contributed by atoms with Crippen molar-refractivity contribution in [1.82, 2.24) is 9.97 Å². The van der Waals surface area contributed by atoms with E-state index in [1.165, 1.54) is 11.1 Å². The fourth-order valence-electron chi connectivity index (χ4n) is 5.22. The molecule has 3 atom stereocenters. The van der Waals surface area contributed by atoms with E-state index in [0.717, 1.165) is 5.56 Å². The van der Waals surface area contributed by atoms with Gasteiger partial charge >= 0.3 is 6.09 Å². The van der Waals surface area contributed by atoms with Crippen molar-refractivity contribution in [3.8, 4) is 17.0 Å². The molecule has 35 heavy (non-hydrogen) atoms. The number of amides is 1. The van der Waals surface area contributed by atoms with Gasteiger partial charge in [0.05, 0.1) is 24.9 Å². The minimum atomic E-state index is -1.14. The monoisotopic (exact) mass is 481 g/mol. The van der Waals surface area contributed by atoms with Crippen LogP contribution in [-0.2, 0) is 9.47 Å². The molecule has 3 aliphatic rings. The molecule has 6 rings (SSSR count). The highest BCUT2D eigenvalue weighted by Crippen LogP contribution is 2.41. The molecule has 3 aromatic rings. The highest BCUT2D eigenvalue weighted by molar-refractivity contribution is 5.99. The van der Waals surface area contributed by atoms with Gasteiger partial charge in [-0.3, -0.25) is 4.90 Å². The SMILES string of the molecule is Cc1c(-c2cc3cc(N(C(=O)O)[C@H]4CO[C@H]5OCC[C@H]54)ncc3c(N)c2F)cnc2c1NCCO2. The van der Waals surface area contributed by atoms with E-state index in [1.54, 1.807) is 18.3 Å². The summed E-state index contributed by atoms with van der Waals surface area (Å²) in [6, 6.07) is 2.84. The summed E-state index contributed by atoms with van der Waals surface area (Å²) in [5.41, 5.74) is 8.45. The van der Waals surface area contributed by atoms with E-state index in [0.29, 0.717) is 54.1 Å². The van der Waals surface area contributed by atoms with Gasteiger partial charge in [0, 0.05) is 41.4 Å². The fraction of sp³-hybridized carbons (Fsp3) is 0.375. The van der Waals surface area contributed by atoms with Gasteiger partial charge in [0.2, 0.25) is 5.88 Å². The van der Waals surface area contributed by atoms with Crippen LogP contribution in [-0.4, -0.2) is 59.9 Å². The number of nitrogen functional groups attached to an aromatic ring is 1. The summed E-state index contributed by atoms with van der Waals surface area (Å²) < 4.78 is 32.2.